The van der Waals surface area contributed by atoms with Crippen molar-refractivity contribution in [1.29, 1.82) is 0 Å². The molecule has 76 valence electrons. The molecular weight excluding hydrogens is 176 g/mol. The van der Waals surface area contributed by atoms with Crippen molar-refractivity contribution < 1.29 is 9.53 Å². The number of carbonyl (C=O) groups is 1. The maximum absolute atomic E-state index is 11.0. The lowest BCUT2D eigenvalue weighted by atomic mass is 9.93. The van der Waals surface area contributed by atoms with E-state index in [9.17, 15) is 4.79 Å². The number of hydrogen-bond acceptors (Lipinski definition) is 2. The first-order chi connectivity index (χ1) is 6.58. The third-order valence-corrected chi connectivity index (χ3v) is 2.43. The van der Waals surface area contributed by atoms with Crippen LogP contribution in [0.3, 0.4) is 0 Å². The molecule has 0 bridgehead atoms. The monoisotopic (exact) mass is 192 g/mol. The van der Waals surface area contributed by atoms with Crippen LogP contribution in [-0.2, 0) is 15.1 Å². The van der Waals surface area contributed by atoms with Crippen molar-refractivity contribution in [3.63, 3.8) is 0 Å². The van der Waals surface area contributed by atoms with E-state index in [1.807, 2.05) is 44.2 Å². The van der Waals surface area contributed by atoms with Crippen molar-refractivity contribution in [2.24, 2.45) is 0 Å². The molecule has 0 aliphatic rings. The summed E-state index contributed by atoms with van der Waals surface area (Å²) in [4.78, 5) is 11.0. The van der Waals surface area contributed by atoms with Gasteiger partial charge in [-0.05, 0) is 18.9 Å². The van der Waals surface area contributed by atoms with Gasteiger partial charge in [-0.15, -0.1) is 0 Å². The molecule has 0 saturated carbocycles. The summed E-state index contributed by atoms with van der Waals surface area (Å²) >= 11 is 0. The zero-order chi connectivity index (χ0) is 10.6. The first-order valence-corrected chi connectivity index (χ1v) is 4.83. The van der Waals surface area contributed by atoms with Crippen LogP contribution in [0.4, 0.5) is 0 Å². The van der Waals surface area contributed by atoms with Crippen LogP contribution < -0.4 is 0 Å². The first kappa shape index (κ1) is 10.8. The maximum Gasteiger partial charge on any atom is 0.303 e. The minimum atomic E-state index is -0.493. The van der Waals surface area contributed by atoms with Gasteiger partial charge in [0.15, 0.2) is 0 Å². The van der Waals surface area contributed by atoms with E-state index in [-0.39, 0.29) is 5.97 Å². The maximum atomic E-state index is 11.0. The smallest absolute Gasteiger partial charge is 0.303 e. The number of hydrogen-bond donors (Lipinski definition) is 0. The molecule has 0 aliphatic carbocycles. The first-order valence-electron chi connectivity index (χ1n) is 4.83. The molecule has 1 aromatic carbocycles. The van der Waals surface area contributed by atoms with E-state index in [0.717, 1.165) is 12.0 Å². The van der Waals surface area contributed by atoms with Crippen LogP contribution in [0.25, 0.3) is 0 Å². The Morgan fingerprint density at radius 2 is 1.93 bits per heavy atom. The van der Waals surface area contributed by atoms with Crippen LogP contribution in [0.5, 0.6) is 0 Å². The lowest BCUT2D eigenvalue weighted by Crippen LogP contribution is -2.27. The van der Waals surface area contributed by atoms with Crippen LogP contribution in [0.1, 0.15) is 32.8 Å². The van der Waals surface area contributed by atoms with E-state index in [2.05, 4.69) is 0 Å². The molecule has 0 heterocycles. The summed E-state index contributed by atoms with van der Waals surface area (Å²) < 4.78 is 5.33. The summed E-state index contributed by atoms with van der Waals surface area (Å²) in [5.74, 6) is -0.238. The fourth-order valence-electron chi connectivity index (χ4n) is 1.44. The summed E-state index contributed by atoms with van der Waals surface area (Å²) in [5, 5.41) is 0. The predicted molar refractivity (Wildman–Crippen MR) is 55.9 cm³/mol. The Morgan fingerprint density at radius 1 is 1.36 bits per heavy atom. The highest BCUT2D eigenvalue weighted by Gasteiger charge is 2.27. The number of carbonyl (C=O) groups excluding carboxylic acids is 1. The summed E-state index contributed by atoms with van der Waals surface area (Å²) in [6, 6.07) is 9.81. The second-order valence-corrected chi connectivity index (χ2v) is 3.54. The molecule has 0 amide bonds. The molecule has 0 fully saturated rings. The van der Waals surface area contributed by atoms with Gasteiger partial charge in [0.1, 0.15) is 5.60 Å². The molecule has 0 spiro atoms. The SMILES string of the molecule is CC[C@@](C)(OC(C)=O)c1ccccc1. The minimum Gasteiger partial charge on any atom is -0.455 e. The van der Waals surface area contributed by atoms with E-state index in [4.69, 9.17) is 4.74 Å². The fourth-order valence-corrected chi connectivity index (χ4v) is 1.44. The highest BCUT2D eigenvalue weighted by atomic mass is 16.6. The number of ether oxygens (including phenoxy) is 1. The third kappa shape index (κ3) is 2.34. The molecular formula is C12H16O2. The van der Waals surface area contributed by atoms with Gasteiger partial charge < -0.3 is 4.74 Å². The molecule has 2 nitrogen and oxygen atoms in total. The normalized spacial score (nSPS) is 14.5. The van der Waals surface area contributed by atoms with Gasteiger partial charge in [-0.1, -0.05) is 37.3 Å². The van der Waals surface area contributed by atoms with Crippen molar-refractivity contribution in [3.05, 3.63) is 35.9 Å². The molecule has 1 atom stereocenters. The largest absolute Gasteiger partial charge is 0.455 e. The van der Waals surface area contributed by atoms with Crippen molar-refractivity contribution in [3.8, 4) is 0 Å². The molecule has 1 aromatic rings. The predicted octanol–water partition coefficient (Wildman–Crippen LogP) is 2.87. The zero-order valence-electron chi connectivity index (χ0n) is 8.91. The second kappa shape index (κ2) is 4.27. The fraction of sp³-hybridized carbons (Fsp3) is 0.417. The van der Waals surface area contributed by atoms with Gasteiger partial charge in [0.2, 0.25) is 0 Å². The summed E-state index contributed by atoms with van der Waals surface area (Å²) in [6.45, 7) is 5.39. The number of benzene rings is 1. The molecule has 1 rings (SSSR count). The quantitative estimate of drug-likeness (QED) is 0.688. The summed E-state index contributed by atoms with van der Waals surface area (Å²) in [6.07, 6.45) is 0.774. The van der Waals surface area contributed by atoms with Crippen molar-refractivity contribution in [1.82, 2.24) is 0 Å². The van der Waals surface area contributed by atoms with Gasteiger partial charge in [0, 0.05) is 6.92 Å². The molecule has 0 saturated heterocycles. The number of rotatable bonds is 3. The standard InChI is InChI=1S/C12H16O2/c1-4-12(3,14-10(2)13)11-8-6-5-7-9-11/h5-9H,4H2,1-3H3/t12-/m1/s1. The second-order valence-electron chi connectivity index (χ2n) is 3.54. The van der Waals surface area contributed by atoms with Crippen LogP contribution in [-0.4, -0.2) is 5.97 Å². The Labute approximate surface area is 84.9 Å². The molecule has 0 unspecified atom stereocenters. The molecule has 0 aliphatic heterocycles. The van der Waals surface area contributed by atoms with Crippen LogP contribution in [0.15, 0.2) is 30.3 Å². The molecule has 0 radical (unpaired) electrons. The average Bonchev–Trinajstić information content (AvgIpc) is 2.18. The number of esters is 1. The Bertz CT molecular complexity index is 305. The highest BCUT2D eigenvalue weighted by Crippen LogP contribution is 2.28. The lowest BCUT2D eigenvalue weighted by Gasteiger charge is -2.28. The van der Waals surface area contributed by atoms with E-state index in [1.165, 1.54) is 6.92 Å². The Hall–Kier alpha value is -1.31. The summed E-state index contributed by atoms with van der Waals surface area (Å²) in [5.41, 5.74) is 0.547. The van der Waals surface area contributed by atoms with E-state index >= 15 is 0 Å². The Kier molecular flexibility index (Phi) is 3.28. The highest BCUT2D eigenvalue weighted by molar-refractivity contribution is 5.66. The third-order valence-electron chi connectivity index (χ3n) is 2.43. The summed E-state index contributed by atoms with van der Waals surface area (Å²) in [7, 11) is 0. The minimum absolute atomic E-state index is 0.238. The molecule has 0 aromatic heterocycles. The molecule has 2 heteroatoms. The van der Waals surface area contributed by atoms with Gasteiger partial charge >= 0.3 is 5.97 Å². The van der Waals surface area contributed by atoms with Gasteiger partial charge in [-0.2, -0.15) is 0 Å². The van der Waals surface area contributed by atoms with E-state index in [1.54, 1.807) is 0 Å². The van der Waals surface area contributed by atoms with Crippen molar-refractivity contribution >= 4 is 5.97 Å². The van der Waals surface area contributed by atoms with E-state index < -0.39 is 5.60 Å². The lowest BCUT2D eigenvalue weighted by molar-refractivity contribution is -0.156. The van der Waals surface area contributed by atoms with Crippen molar-refractivity contribution in [2.75, 3.05) is 0 Å². The van der Waals surface area contributed by atoms with Gasteiger partial charge in [-0.25, -0.2) is 0 Å². The molecule has 14 heavy (non-hydrogen) atoms. The topological polar surface area (TPSA) is 26.3 Å². The molecule has 0 N–H and O–H groups in total. The average molecular weight is 192 g/mol. The van der Waals surface area contributed by atoms with Gasteiger partial charge in [-0.3, -0.25) is 4.79 Å². The Balaban J connectivity index is 2.95. The zero-order valence-corrected chi connectivity index (χ0v) is 8.91. The van der Waals surface area contributed by atoms with Gasteiger partial charge in [0.05, 0.1) is 0 Å². The Morgan fingerprint density at radius 3 is 2.36 bits per heavy atom. The van der Waals surface area contributed by atoms with Crippen LogP contribution in [0.2, 0.25) is 0 Å². The van der Waals surface area contributed by atoms with Crippen LogP contribution in [0, 0.1) is 0 Å². The van der Waals surface area contributed by atoms with Crippen molar-refractivity contribution in [2.45, 2.75) is 32.8 Å². The van der Waals surface area contributed by atoms with Gasteiger partial charge in [0.25, 0.3) is 0 Å². The van der Waals surface area contributed by atoms with Crippen LogP contribution >= 0.6 is 0 Å². The van der Waals surface area contributed by atoms with E-state index in [0.29, 0.717) is 0 Å².